The first-order chi connectivity index (χ1) is 10.5. The van der Waals surface area contributed by atoms with E-state index in [-0.39, 0.29) is 5.41 Å². The van der Waals surface area contributed by atoms with E-state index in [0.717, 1.165) is 30.6 Å². The molecule has 124 valence electrons. The van der Waals surface area contributed by atoms with Crippen LogP contribution >= 0.6 is 0 Å². The molecule has 22 heavy (non-hydrogen) atoms. The molecule has 0 aromatic rings. The number of Topliss-reactive ketones (excluding diaryl/α,β-unsaturated/α-hetero) is 1. The van der Waals surface area contributed by atoms with Crippen LogP contribution in [0.5, 0.6) is 0 Å². The van der Waals surface area contributed by atoms with E-state index in [1.165, 1.54) is 51.4 Å². The molecule has 4 rings (SSSR count). The van der Waals surface area contributed by atoms with Crippen molar-refractivity contribution in [2.75, 3.05) is 0 Å². The number of hydrogen-bond donors (Lipinski definition) is 0. The number of hydrogen-bond acceptors (Lipinski definition) is 1. The summed E-state index contributed by atoms with van der Waals surface area (Å²) in [5.41, 5.74) is 0.642. The summed E-state index contributed by atoms with van der Waals surface area (Å²) in [6.07, 6.45) is 13.1. The first kappa shape index (κ1) is 15.2. The summed E-state index contributed by atoms with van der Waals surface area (Å²) < 4.78 is 0. The first-order valence-corrected chi connectivity index (χ1v) is 10.0. The molecule has 1 nitrogen and oxygen atoms in total. The van der Waals surface area contributed by atoms with Gasteiger partial charge in [0.1, 0.15) is 5.78 Å². The van der Waals surface area contributed by atoms with Gasteiger partial charge in [0.25, 0.3) is 0 Å². The third kappa shape index (κ3) is 1.80. The molecule has 7 atom stereocenters. The summed E-state index contributed by atoms with van der Waals surface area (Å²) in [7, 11) is 0. The van der Waals surface area contributed by atoms with Crippen LogP contribution in [0, 0.1) is 40.4 Å². The Balaban J connectivity index is 1.66. The summed E-state index contributed by atoms with van der Waals surface area (Å²) in [4.78, 5) is 12.9. The third-order valence-corrected chi connectivity index (χ3v) is 9.15. The van der Waals surface area contributed by atoms with Crippen molar-refractivity contribution in [1.29, 1.82) is 0 Å². The molecule has 0 bridgehead atoms. The van der Waals surface area contributed by atoms with Crippen LogP contribution < -0.4 is 0 Å². The molecule has 0 heterocycles. The van der Waals surface area contributed by atoms with Gasteiger partial charge in [0, 0.05) is 11.8 Å². The Labute approximate surface area is 136 Å². The minimum Gasteiger partial charge on any atom is -0.299 e. The van der Waals surface area contributed by atoms with Crippen molar-refractivity contribution in [1.82, 2.24) is 0 Å². The molecule has 0 amide bonds. The number of fused-ring (bicyclic) bond motifs is 5. The fourth-order valence-electron chi connectivity index (χ4n) is 7.87. The Bertz CT molecular complexity index is 469. The molecule has 0 N–H and O–H groups in total. The lowest BCUT2D eigenvalue weighted by Gasteiger charge is -2.59. The Kier molecular flexibility index (Phi) is 3.51. The fourth-order valence-corrected chi connectivity index (χ4v) is 7.87. The van der Waals surface area contributed by atoms with Gasteiger partial charge in [-0.1, -0.05) is 27.2 Å². The maximum atomic E-state index is 12.9. The molecule has 1 heteroatoms. The predicted molar refractivity (Wildman–Crippen MR) is 90.5 cm³/mol. The van der Waals surface area contributed by atoms with Crippen LogP contribution in [0.2, 0.25) is 0 Å². The fraction of sp³-hybridized carbons (Fsp3) is 0.952. The molecule has 4 fully saturated rings. The Hall–Kier alpha value is -0.330. The van der Waals surface area contributed by atoms with Gasteiger partial charge in [0.15, 0.2) is 0 Å². The third-order valence-electron chi connectivity index (χ3n) is 9.15. The average Bonchev–Trinajstić information content (AvgIpc) is 2.85. The molecule has 0 aliphatic heterocycles. The summed E-state index contributed by atoms with van der Waals surface area (Å²) >= 11 is 0. The Morgan fingerprint density at radius 3 is 2.59 bits per heavy atom. The highest BCUT2D eigenvalue weighted by Gasteiger charge is 2.61. The van der Waals surface area contributed by atoms with Crippen LogP contribution in [-0.2, 0) is 4.79 Å². The summed E-state index contributed by atoms with van der Waals surface area (Å²) in [5.74, 6) is 4.79. The van der Waals surface area contributed by atoms with Gasteiger partial charge >= 0.3 is 0 Å². The molecule has 0 aromatic carbocycles. The first-order valence-electron chi connectivity index (χ1n) is 10.0. The van der Waals surface area contributed by atoms with Gasteiger partial charge in [-0.3, -0.25) is 4.79 Å². The van der Waals surface area contributed by atoms with Crippen molar-refractivity contribution in [3.8, 4) is 0 Å². The highest BCUT2D eigenvalue weighted by atomic mass is 16.1. The second-order valence-corrected chi connectivity index (χ2v) is 9.48. The van der Waals surface area contributed by atoms with E-state index in [4.69, 9.17) is 0 Å². The van der Waals surface area contributed by atoms with Crippen LogP contribution in [0.3, 0.4) is 0 Å². The van der Waals surface area contributed by atoms with Crippen molar-refractivity contribution in [2.24, 2.45) is 40.4 Å². The lowest BCUT2D eigenvalue weighted by Crippen LogP contribution is -2.56. The minimum atomic E-state index is 0.0484. The smallest absolute Gasteiger partial charge is 0.139 e. The zero-order valence-electron chi connectivity index (χ0n) is 14.9. The topological polar surface area (TPSA) is 17.1 Å². The van der Waals surface area contributed by atoms with Gasteiger partial charge in [-0.2, -0.15) is 0 Å². The molecule has 0 saturated heterocycles. The largest absolute Gasteiger partial charge is 0.299 e. The second-order valence-electron chi connectivity index (χ2n) is 9.48. The van der Waals surface area contributed by atoms with Crippen molar-refractivity contribution in [2.45, 2.75) is 85.0 Å². The maximum absolute atomic E-state index is 12.9. The normalized spacial score (nSPS) is 54.5. The van der Waals surface area contributed by atoms with Gasteiger partial charge in [-0.25, -0.2) is 0 Å². The predicted octanol–water partition coefficient (Wildman–Crippen LogP) is 5.62. The lowest BCUT2D eigenvalue weighted by atomic mass is 9.44. The standard InChI is InChI=1S/C21H34O/c1-4-14-9-11-17-16-10-8-15-6-5-7-19(22)21(15,3)18(16)12-13-20(14,17)2/h14-18H,4-13H2,1-3H3/t14-,15+,16-,17-,18-,20+,21-/m0/s1. The lowest BCUT2D eigenvalue weighted by molar-refractivity contribution is -0.155. The van der Waals surface area contributed by atoms with Gasteiger partial charge in [0.05, 0.1) is 0 Å². The van der Waals surface area contributed by atoms with Crippen LogP contribution in [0.4, 0.5) is 0 Å². The van der Waals surface area contributed by atoms with Crippen molar-refractivity contribution in [3.05, 3.63) is 0 Å². The van der Waals surface area contributed by atoms with Crippen LogP contribution in [0.15, 0.2) is 0 Å². The molecule has 0 aromatic heterocycles. The van der Waals surface area contributed by atoms with E-state index in [2.05, 4.69) is 20.8 Å². The quantitative estimate of drug-likeness (QED) is 0.614. The zero-order chi connectivity index (χ0) is 15.5. The highest BCUT2D eigenvalue weighted by molar-refractivity contribution is 5.86. The molecular formula is C21H34O. The number of ketones is 1. The van der Waals surface area contributed by atoms with Gasteiger partial charge in [-0.05, 0) is 86.4 Å². The number of rotatable bonds is 1. The van der Waals surface area contributed by atoms with Gasteiger partial charge in [-0.15, -0.1) is 0 Å². The van der Waals surface area contributed by atoms with Crippen molar-refractivity contribution < 1.29 is 4.79 Å². The van der Waals surface area contributed by atoms with Crippen molar-refractivity contribution >= 4 is 5.78 Å². The SMILES string of the molecule is CC[C@H]1CC[C@H]2[C@@H]3CC[C@H]4CCCC(=O)[C@]4(C)[C@H]3CC[C@]12C. The Morgan fingerprint density at radius 2 is 1.82 bits per heavy atom. The second kappa shape index (κ2) is 5.08. The van der Waals surface area contributed by atoms with E-state index in [9.17, 15) is 4.79 Å². The number of carbonyl (C=O) groups excluding carboxylic acids is 1. The molecule has 4 aliphatic rings. The number of carbonyl (C=O) groups is 1. The summed E-state index contributed by atoms with van der Waals surface area (Å²) in [5, 5.41) is 0. The molecule has 4 saturated carbocycles. The van der Waals surface area contributed by atoms with Gasteiger partial charge in [0.2, 0.25) is 0 Å². The molecule has 4 aliphatic carbocycles. The highest BCUT2D eigenvalue weighted by Crippen LogP contribution is 2.67. The van der Waals surface area contributed by atoms with Gasteiger partial charge < -0.3 is 0 Å². The minimum absolute atomic E-state index is 0.0484. The summed E-state index contributed by atoms with van der Waals surface area (Å²) in [6.45, 7) is 7.38. The summed E-state index contributed by atoms with van der Waals surface area (Å²) in [6, 6.07) is 0. The van der Waals surface area contributed by atoms with Crippen LogP contribution in [0.1, 0.15) is 85.0 Å². The van der Waals surface area contributed by atoms with E-state index in [1.54, 1.807) is 0 Å². The van der Waals surface area contributed by atoms with Crippen LogP contribution in [-0.4, -0.2) is 5.78 Å². The molecule has 0 unspecified atom stereocenters. The monoisotopic (exact) mass is 302 g/mol. The maximum Gasteiger partial charge on any atom is 0.139 e. The molecule has 0 radical (unpaired) electrons. The molecule has 0 spiro atoms. The zero-order valence-corrected chi connectivity index (χ0v) is 14.9. The van der Waals surface area contributed by atoms with Crippen LogP contribution in [0.25, 0.3) is 0 Å². The van der Waals surface area contributed by atoms with E-state index < -0.39 is 0 Å². The average molecular weight is 303 g/mol. The van der Waals surface area contributed by atoms with E-state index in [1.807, 2.05) is 0 Å². The van der Waals surface area contributed by atoms with E-state index >= 15 is 0 Å². The Morgan fingerprint density at radius 1 is 1.00 bits per heavy atom. The molecular weight excluding hydrogens is 268 g/mol. The van der Waals surface area contributed by atoms with E-state index in [0.29, 0.717) is 23.0 Å². The van der Waals surface area contributed by atoms with Crippen molar-refractivity contribution in [3.63, 3.8) is 0 Å².